The first-order valence-corrected chi connectivity index (χ1v) is 6.61. The van der Waals surface area contributed by atoms with E-state index in [4.69, 9.17) is 21.4 Å². The number of halogens is 1. The molecule has 0 amide bonds. The summed E-state index contributed by atoms with van der Waals surface area (Å²) < 4.78 is 5.57. The fraction of sp³-hybridized carbons (Fsp3) is 0.429. The second kappa shape index (κ2) is 4.23. The molecule has 1 heterocycles. The molecule has 100 valence electrons. The summed E-state index contributed by atoms with van der Waals surface area (Å²) in [5.74, 6) is -1.31. The number of hydrogen-bond donors (Lipinski definition) is 1. The highest BCUT2D eigenvalue weighted by atomic mass is 35.5. The molecule has 1 saturated carbocycles. The number of carbonyl (C=O) groups excluding carboxylic acids is 1. The van der Waals surface area contributed by atoms with E-state index >= 15 is 0 Å². The topological polar surface area (TPSA) is 63.6 Å². The van der Waals surface area contributed by atoms with E-state index in [1.807, 2.05) is 6.92 Å². The zero-order chi connectivity index (χ0) is 13.7. The van der Waals surface area contributed by atoms with Crippen LogP contribution in [0.5, 0.6) is 5.75 Å². The normalized spacial score (nSPS) is 27.6. The van der Waals surface area contributed by atoms with Crippen molar-refractivity contribution in [2.75, 3.05) is 0 Å². The molecule has 0 spiro atoms. The fourth-order valence-electron chi connectivity index (χ4n) is 2.60. The lowest BCUT2D eigenvalue weighted by molar-refractivity contribution is -0.138. The lowest BCUT2D eigenvalue weighted by Crippen LogP contribution is -2.08. The first-order valence-electron chi connectivity index (χ1n) is 6.23. The number of carboxylic acid groups (broad SMARTS) is 1. The summed E-state index contributed by atoms with van der Waals surface area (Å²) >= 11 is 6.11. The molecule has 1 N–H and O–H groups in total. The van der Waals surface area contributed by atoms with Crippen molar-refractivity contribution in [3.05, 3.63) is 28.3 Å². The van der Waals surface area contributed by atoms with Crippen LogP contribution in [0.4, 0.5) is 0 Å². The number of rotatable bonds is 3. The fourth-order valence-corrected chi connectivity index (χ4v) is 2.88. The average Bonchev–Trinajstić information content (AvgIpc) is 3.05. The predicted octanol–water partition coefficient (Wildman–Crippen LogP) is 2.57. The second-order valence-corrected chi connectivity index (χ2v) is 5.64. The number of fused-ring (bicyclic) bond motifs is 1. The Morgan fingerprint density at radius 1 is 1.37 bits per heavy atom. The third-order valence-electron chi connectivity index (χ3n) is 3.68. The molecule has 1 aliphatic carbocycles. The highest BCUT2D eigenvalue weighted by Crippen LogP contribution is 2.43. The van der Waals surface area contributed by atoms with Gasteiger partial charge in [0.15, 0.2) is 5.78 Å². The minimum absolute atomic E-state index is 0.0607. The second-order valence-electron chi connectivity index (χ2n) is 5.23. The first kappa shape index (κ1) is 12.5. The standard InChI is InChI=1S/C14H13ClO4/c1-6-2-8-3-7(4-11(15)13(8)19-6)12(16)9-5-10(9)14(17)18/h3-4,6,9-10H,2,5H2,1H3,(H,17,18)/t6?,9?,10-/m0/s1. The molecule has 0 saturated heterocycles. The van der Waals surface area contributed by atoms with Crippen molar-refractivity contribution in [3.8, 4) is 5.75 Å². The van der Waals surface area contributed by atoms with Crippen LogP contribution in [0.1, 0.15) is 29.3 Å². The Hall–Kier alpha value is -1.55. The Labute approximate surface area is 115 Å². The van der Waals surface area contributed by atoms with Crippen LogP contribution in [0.3, 0.4) is 0 Å². The zero-order valence-electron chi connectivity index (χ0n) is 10.4. The van der Waals surface area contributed by atoms with Crippen molar-refractivity contribution in [2.45, 2.75) is 25.9 Å². The van der Waals surface area contributed by atoms with Gasteiger partial charge in [-0.05, 0) is 25.5 Å². The van der Waals surface area contributed by atoms with Crippen LogP contribution >= 0.6 is 11.6 Å². The molecule has 0 bridgehead atoms. The van der Waals surface area contributed by atoms with E-state index in [1.165, 1.54) is 0 Å². The van der Waals surface area contributed by atoms with Crippen LogP contribution in [0.15, 0.2) is 12.1 Å². The minimum atomic E-state index is -0.900. The van der Waals surface area contributed by atoms with Gasteiger partial charge in [0, 0.05) is 23.5 Å². The SMILES string of the molecule is CC1Cc2cc(C(=O)C3C[C@@H]3C(=O)O)cc(Cl)c2O1. The molecule has 2 aliphatic rings. The van der Waals surface area contributed by atoms with Gasteiger partial charge in [0.25, 0.3) is 0 Å². The van der Waals surface area contributed by atoms with Crippen LogP contribution < -0.4 is 4.74 Å². The number of aliphatic carboxylic acids is 1. The van der Waals surface area contributed by atoms with Gasteiger partial charge in [-0.3, -0.25) is 9.59 Å². The summed E-state index contributed by atoms with van der Waals surface area (Å²) in [6, 6.07) is 3.36. The van der Waals surface area contributed by atoms with Crippen molar-refractivity contribution in [3.63, 3.8) is 0 Å². The maximum absolute atomic E-state index is 12.2. The predicted molar refractivity (Wildman–Crippen MR) is 68.8 cm³/mol. The molecule has 19 heavy (non-hydrogen) atoms. The van der Waals surface area contributed by atoms with Gasteiger partial charge in [0.2, 0.25) is 0 Å². The molecule has 3 atom stereocenters. The van der Waals surface area contributed by atoms with E-state index < -0.39 is 17.8 Å². The van der Waals surface area contributed by atoms with Gasteiger partial charge in [-0.15, -0.1) is 0 Å². The van der Waals surface area contributed by atoms with Gasteiger partial charge in [-0.25, -0.2) is 0 Å². The molecule has 0 radical (unpaired) electrons. The Balaban J connectivity index is 1.87. The van der Waals surface area contributed by atoms with E-state index in [-0.39, 0.29) is 11.9 Å². The average molecular weight is 281 g/mol. The highest BCUT2D eigenvalue weighted by molar-refractivity contribution is 6.32. The first-order chi connectivity index (χ1) is 8.97. The Morgan fingerprint density at radius 3 is 2.74 bits per heavy atom. The van der Waals surface area contributed by atoms with E-state index in [1.54, 1.807) is 12.1 Å². The molecule has 1 fully saturated rings. The molecule has 1 aromatic carbocycles. The monoisotopic (exact) mass is 280 g/mol. The Morgan fingerprint density at radius 2 is 2.11 bits per heavy atom. The Bertz CT molecular complexity index is 581. The Kier molecular flexibility index (Phi) is 2.78. The highest BCUT2D eigenvalue weighted by Gasteiger charge is 2.48. The van der Waals surface area contributed by atoms with E-state index in [9.17, 15) is 9.59 Å². The number of hydrogen-bond acceptors (Lipinski definition) is 3. The summed E-state index contributed by atoms with van der Waals surface area (Å²) in [6.07, 6.45) is 1.21. The molecule has 3 rings (SSSR count). The van der Waals surface area contributed by atoms with Crippen molar-refractivity contribution in [1.29, 1.82) is 0 Å². The molecule has 5 heteroatoms. The summed E-state index contributed by atoms with van der Waals surface area (Å²) in [5.41, 5.74) is 1.42. The van der Waals surface area contributed by atoms with Crippen LogP contribution in [-0.2, 0) is 11.2 Å². The van der Waals surface area contributed by atoms with Crippen LogP contribution in [0.25, 0.3) is 0 Å². The summed E-state index contributed by atoms with van der Waals surface area (Å²) in [4.78, 5) is 23.0. The van der Waals surface area contributed by atoms with Crippen molar-refractivity contribution in [2.24, 2.45) is 11.8 Å². The quantitative estimate of drug-likeness (QED) is 0.864. The van der Waals surface area contributed by atoms with Gasteiger partial charge in [-0.2, -0.15) is 0 Å². The number of ether oxygens (including phenoxy) is 1. The number of benzene rings is 1. The summed E-state index contributed by atoms with van der Waals surface area (Å²) in [6.45, 7) is 1.94. The van der Waals surface area contributed by atoms with Crippen LogP contribution in [0, 0.1) is 11.8 Å². The summed E-state index contributed by atoms with van der Waals surface area (Å²) in [5, 5.41) is 9.29. The van der Waals surface area contributed by atoms with Crippen LogP contribution in [-0.4, -0.2) is 23.0 Å². The van der Waals surface area contributed by atoms with Crippen molar-refractivity contribution in [1.82, 2.24) is 0 Å². The third kappa shape index (κ3) is 2.10. The molecule has 1 aliphatic heterocycles. The van der Waals surface area contributed by atoms with Gasteiger partial charge in [-0.1, -0.05) is 11.6 Å². The maximum Gasteiger partial charge on any atom is 0.307 e. The third-order valence-corrected chi connectivity index (χ3v) is 3.96. The van der Waals surface area contributed by atoms with E-state index in [2.05, 4.69) is 0 Å². The number of ketones is 1. The molecule has 1 aromatic rings. The van der Waals surface area contributed by atoms with Crippen molar-refractivity contribution < 1.29 is 19.4 Å². The maximum atomic E-state index is 12.2. The van der Waals surface area contributed by atoms with E-state index in [0.717, 1.165) is 12.0 Å². The lowest BCUT2D eigenvalue weighted by Gasteiger charge is -2.06. The van der Waals surface area contributed by atoms with Crippen molar-refractivity contribution >= 4 is 23.4 Å². The molecular weight excluding hydrogens is 268 g/mol. The molecular formula is C14H13ClO4. The minimum Gasteiger partial charge on any atom is -0.489 e. The van der Waals surface area contributed by atoms with E-state index in [0.29, 0.717) is 22.8 Å². The molecule has 0 aromatic heterocycles. The molecule has 2 unspecified atom stereocenters. The van der Waals surface area contributed by atoms with Gasteiger partial charge in [0.05, 0.1) is 10.9 Å². The number of Topliss-reactive ketones (excluding diaryl/α,β-unsaturated/α-hetero) is 1. The number of carbonyl (C=O) groups is 2. The summed E-state index contributed by atoms with van der Waals surface area (Å²) in [7, 11) is 0. The van der Waals surface area contributed by atoms with Gasteiger partial charge < -0.3 is 9.84 Å². The number of carboxylic acids is 1. The lowest BCUT2D eigenvalue weighted by atomic mass is 10.0. The van der Waals surface area contributed by atoms with Gasteiger partial charge >= 0.3 is 5.97 Å². The van der Waals surface area contributed by atoms with Crippen LogP contribution in [0.2, 0.25) is 5.02 Å². The smallest absolute Gasteiger partial charge is 0.307 e. The zero-order valence-corrected chi connectivity index (χ0v) is 11.1. The molecule has 4 nitrogen and oxygen atoms in total. The largest absolute Gasteiger partial charge is 0.489 e. The van der Waals surface area contributed by atoms with Gasteiger partial charge in [0.1, 0.15) is 11.9 Å².